The standard InChI is InChI=1S/C15H28O2.C9H6N2O2.C6H10O4.C5H10O4/c1-15(2,11-3-7-13(16)8-4-11)12-5-9-14(17)10-6-12;1-7-8(10-5-12)3-2-4-9(7)11-6-13;7-5(8)3-1-2-4-6(9)10;1-5(2-6,3-7)4(8)9/h11-14,16-17H,3-10H2,1-2H3;2-4H,1H3;1-4H2,(H,7,8)(H,9,10);6-7H,2-3H2,1H3,(H,8,9). The summed E-state index contributed by atoms with van der Waals surface area (Å²) in [5.74, 6) is -1.39. The molecule has 2 aliphatic carbocycles. The third kappa shape index (κ3) is 17.5. The van der Waals surface area contributed by atoms with Crippen LogP contribution in [0.3, 0.4) is 0 Å². The monoisotopic (exact) mass is 694 g/mol. The number of rotatable bonds is 12. The fraction of sp³-hybridized carbons (Fsp3) is 0.686. The van der Waals surface area contributed by atoms with Crippen molar-refractivity contribution in [3.63, 3.8) is 0 Å². The van der Waals surface area contributed by atoms with E-state index in [0.29, 0.717) is 35.2 Å². The topological polar surface area (TPSA) is 252 Å². The molecule has 14 heteroatoms. The fourth-order valence-electron chi connectivity index (χ4n) is 5.66. The highest BCUT2D eigenvalue weighted by atomic mass is 16.4. The summed E-state index contributed by atoms with van der Waals surface area (Å²) in [5.41, 5.74) is 0.590. The number of carboxylic acid groups (broad SMARTS) is 3. The minimum atomic E-state index is -1.39. The smallest absolute Gasteiger partial charge is 0.314 e. The van der Waals surface area contributed by atoms with Gasteiger partial charge in [-0.25, -0.2) is 9.59 Å². The van der Waals surface area contributed by atoms with Gasteiger partial charge in [0.1, 0.15) is 5.41 Å². The highest BCUT2D eigenvalue weighted by molar-refractivity contribution is 5.74. The van der Waals surface area contributed by atoms with Crippen LogP contribution >= 0.6 is 0 Å². The van der Waals surface area contributed by atoms with Crippen LogP contribution in [-0.4, -0.2) is 91.2 Å². The van der Waals surface area contributed by atoms with Crippen LogP contribution in [0.5, 0.6) is 0 Å². The van der Waals surface area contributed by atoms with E-state index in [1.165, 1.54) is 44.8 Å². The Kier molecular flexibility index (Phi) is 21.7. The number of aliphatic imine (C=N–C) groups is 2. The molecule has 0 heterocycles. The van der Waals surface area contributed by atoms with Crippen molar-refractivity contribution in [2.45, 2.75) is 117 Å². The lowest BCUT2D eigenvalue weighted by molar-refractivity contribution is -0.153. The van der Waals surface area contributed by atoms with Crippen molar-refractivity contribution in [2.75, 3.05) is 13.2 Å². The van der Waals surface area contributed by atoms with E-state index in [1.807, 2.05) is 0 Å². The van der Waals surface area contributed by atoms with E-state index in [9.17, 15) is 34.2 Å². The number of carbonyl (C=O) groups is 3. The molecule has 3 rings (SSSR count). The Balaban J connectivity index is 0.000000650. The van der Waals surface area contributed by atoms with Gasteiger partial charge in [-0.3, -0.25) is 14.4 Å². The first-order valence-corrected chi connectivity index (χ1v) is 16.5. The molecular weight excluding hydrogens is 640 g/mol. The Morgan fingerprint density at radius 2 is 1.06 bits per heavy atom. The minimum Gasteiger partial charge on any atom is -0.481 e. The average Bonchev–Trinajstić information content (AvgIpc) is 3.06. The molecule has 49 heavy (non-hydrogen) atoms. The zero-order valence-corrected chi connectivity index (χ0v) is 29.0. The maximum Gasteiger partial charge on any atom is 0.314 e. The second-order valence-corrected chi connectivity index (χ2v) is 13.3. The summed E-state index contributed by atoms with van der Waals surface area (Å²) in [6.45, 7) is 6.73. The molecule has 7 N–H and O–H groups in total. The number of aliphatic carboxylic acids is 3. The van der Waals surface area contributed by atoms with E-state index in [4.69, 9.17) is 25.5 Å². The summed E-state index contributed by atoms with van der Waals surface area (Å²) >= 11 is 0. The summed E-state index contributed by atoms with van der Waals surface area (Å²) in [7, 11) is 0. The summed E-state index contributed by atoms with van der Waals surface area (Å²) in [6, 6.07) is 4.94. The Labute approximate surface area is 287 Å². The van der Waals surface area contributed by atoms with Crippen LogP contribution in [0.4, 0.5) is 11.4 Å². The SMILES string of the molecule is CC(C)(C1CCC(O)CC1)C1CCC(O)CC1.CC(CO)(CO)C(=O)O.Cc1c(N=C=O)cccc1N=C=O.O=C(O)CCCCC(=O)O. The molecule has 2 aliphatic rings. The summed E-state index contributed by atoms with van der Waals surface area (Å²) < 4.78 is 0. The number of unbranched alkanes of at least 4 members (excludes halogenated alkanes) is 1. The lowest BCUT2D eigenvalue weighted by Gasteiger charge is -2.46. The first-order chi connectivity index (χ1) is 23.0. The molecule has 2 saturated carbocycles. The molecule has 0 radical (unpaired) electrons. The second-order valence-electron chi connectivity index (χ2n) is 13.3. The van der Waals surface area contributed by atoms with E-state index in [1.54, 1.807) is 25.1 Å². The van der Waals surface area contributed by atoms with Gasteiger partial charge in [0.15, 0.2) is 0 Å². The first kappa shape index (κ1) is 45.2. The third-order valence-corrected chi connectivity index (χ3v) is 9.35. The molecule has 1 aromatic carbocycles. The van der Waals surface area contributed by atoms with Crippen molar-refractivity contribution in [2.24, 2.45) is 32.7 Å². The lowest BCUT2D eigenvalue weighted by atomic mass is 9.60. The van der Waals surface area contributed by atoms with Gasteiger partial charge in [0.05, 0.1) is 36.8 Å². The molecule has 0 aliphatic heterocycles. The lowest BCUT2D eigenvalue weighted by Crippen LogP contribution is -2.38. The number of nitrogens with zero attached hydrogens (tertiary/aromatic N) is 2. The predicted octanol–water partition coefficient (Wildman–Crippen LogP) is 4.82. The molecule has 2 fully saturated rings. The van der Waals surface area contributed by atoms with Crippen molar-refractivity contribution >= 4 is 41.4 Å². The first-order valence-electron chi connectivity index (χ1n) is 16.5. The van der Waals surface area contributed by atoms with Gasteiger partial charge in [0, 0.05) is 18.4 Å². The van der Waals surface area contributed by atoms with Crippen LogP contribution in [0.2, 0.25) is 0 Å². The van der Waals surface area contributed by atoms with Crippen molar-refractivity contribution in [3.8, 4) is 0 Å². The number of carbonyl (C=O) groups excluding carboxylic acids is 2. The third-order valence-electron chi connectivity index (χ3n) is 9.35. The van der Waals surface area contributed by atoms with Crippen molar-refractivity contribution in [1.82, 2.24) is 0 Å². The normalized spacial score (nSPS) is 20.2. The Hall–Kier alpha value is -3.77. The van der Waals surface area contributed by atoms with Crippen LogP contribution < -0.4 is 0 Å². The molecule has 1 aromatic rings. The highest BCUT2D eigenvalue weighted by Gasteiger charge is 2.40. The van der Waals surface area contributed by atoms with Crippen molar-refractivity contribution in [3.05, 3.63) is 23.8 Å². The van der Waals surface area contributed by atoms with Gasteiger partial charge in [-0.2, -0.15) is 9.98 Å². The van der Waals surface area contributed by atoms with Crippen LogP contribution in [-0.2, 0) is 24.0 Å². The molecule has 0 unspecified atom stereocenters. The summed E-state index contributed by atoms with van der Waals surface area (Å²) in [4.78, 5) is 56.9. The van der Waals surface area contributed by atoms with Crippen LogP contribution in [0.1, 0.15) is 103 Å². The predicted molar refractivity (Wildman–Crippen MR) is 180 cm³/mol. The van der Waals surface area contributed by atoms with Crippen LogP contribution in [0, 0.1) is 29.6 Å². The summed E-state index contributed by atoms with van der Waals surface area (Å²) in [5, 5.41) is 60.6. The minimum absolute atomic E-state index is 0.0461. The average molecular weight is 695 g/mol. The molecular formula is C35H54N2O12. The van der Waals surface area contributed by atoms with Gasteiger partial charge in [0.2, 0.25) is 12.2 Å². The molecule has 0 bridgehead atoms. The molecule has 0 saturated heterocycles. The van der Waals surface area contributed by atoms with E-state index < -0.39 is 36.5 Å². The zero-order valence-electron chi connectivity index (χ0n) is 29.0. The highest BCUT2D eigenvalue weighted by Crippen LogP contribution is 2.48. The van der Waals surface area contributed by atoms with E-state index in [0.717, 1.165) is 37.5 Å². The maximum absolute atomic E-state index is 10.2. The van der Waals surface area contributed by atoms with Gasteiger partial charge in [0.25, 0.3) is 0 Å². The van der Waals surface area contributed by atoms with Gasteiger partial charge in [-0.15, -0.1) is 0 Å². The van der Waals surface area contributed by atoms with E-state index in [2.05, 4.69) is 23.8 Å². The van der Waals surface area contributed by atoms with Gasteiger partial charge < -0.3 is 35.7 Å². The number of benzene rings is 1. The summed E-state index contributed by atoms with van der Waals surface area (Å²) in [6.07, 6.45) is 12.5. The largest absolute Gasteiger partial charge is 0.481 e. The number of hydrogen-bond donors (Lipinski definition) is 7. The number of aliphatic hydroxyl groups excluding tert-OH is 4. The quantitative estimate of drug-likeness (QED) is 0.0883. The Morgan fingerprint density at radius 1 is 0.714 bits per heavy atom. The number of isocyanates is 2. The number of aliphatic hydroxyl groups is 4. The molecule has 276 valence electrons. The molecule has 0 amide bonds. The molecule has 14 nitrogen and oxygen atoms in total. The van der Waals surface area contributed by atoms with E-state index >= 15 is 0 Å². The Bertz CT molecular complexity index is 1170. The van der Waals surface area contributed by atoms with Gasteiger partial charge in [-0.1, -0.05) is 19.9 Å². The number of carboxylic acids is 3. The fourth-order valence-corrected chi connectivity index (χ4v) is 5.66. The number of hydrogen-bond acceptors (Lipinski definition) is 11. The van der Waals surface area contributed by atoms with Crippen LogP contribution in [0.15, 0.2) is 28.2 Å². The van der Waals surface area contributed by atoms with Gasteiger partial charge >= 0.3 is 17.9 Å². The molecule has 0 aromatic heterocycles. The van der Waals surface area contributed by atoms with Crippen molar-refractivity contribution in [1.29, 1.82) is 0 Å². The maximum atomic E-state index is 10.2. The van der Waals surface area contributed by atoms with Crippen LogP contribution in [0.25, 0.3) is 0 Å². The Morgan fingerprint density at radius 3 is 1.31 bits per heavy atom. The molecule has 0 spiro atoms. The second kappa shape index (κ2) is 23.6. The molecule has 0 atom stereocenters. The zero-order chi connectivity index (χ0) is 37.6. The van der Waals surface area contributed by atoms with Gasteiger partial charge in [-0.05, 0) is 107 Å². The van der Waals surface area contributed by atoms with Crippen molar-refractivity contribution < 1.29 is 59.7 Å². The van der Waals surface area contributed by atoms with E-state index in [-0.39, 0.29) is 25.0 Å².